The fourth-order valence-electron chi connectivity index (χ4n) is 0.129. The van der Waals surface area contributed by atoms with Crippen LogP contribution in [-0.4, -0.2) is 21.0 Å². The Morgan fingerprint density at radius 2 is 2.00 bits per heavy atom. The predicted octanol–water partition coefficient (Wildman–Crippen LogP) is -3.68. The molecule has 6 heteroatoms. The smallest absolute Gasteiger partial charge is 0.307 e. The first-order valence-electron chi connectivity index (χ1n) is 2.10. The molecule has 0 unspecified atom stereocenters. The van der Waals surface area contributed by atoms with Crippen molar-refractivity contribution >= 4 is 0 Å². The summed E-state index contributed by atoms with van der Waals surface area (Å²) in [7, 11) is 0. The van der Waals surface area contributed by atoms with Crippen LogP contribution in [0.2, 0.25) is 0 Å². The minimum absolute atomic E-state index is 0. The van der Waals surface area contributed by atoms with Crippen LogP contribution in [0.1, 0.15) is 13.3 Å². The molecule has 0 amide bonds. The SMILES string of the molecule is CCC(O)(O)[N+](=O)[O-].[Na+]. The van der Waals surface area contributed by atoms with Gasteiger partial charge in [-0.05, 0) is 0 Å². The van der Waals surface area contributed by atoms with Gasteiger partial charge in [-0.25, -0.2) is 0 Å². The monoisotopic (exact) mass is 144 g/mol. The number of nitrogens with zero attached hydrogens (tertiary/aromatic N) is 1. The predicted molar refractivity (Wildman–Crippen MR) is 24.5 cm³/mol. The molecule has 0 bridgehead atoms. The van der Waals surface area contributed by atoms with Gasteiger partial charge in [0.15, 0.2) is 0 Å². The Kier molecular flexibility index (Phi) is 5.60. The molecular formula is C3H7NNaO4+. The van der Waals surface area contributed by atoms with Crippen molar-refractivity contribution in [3.05, 3.63) is 10.1 Å². The van der Waals surface area contributed by atoms with Crippen LogP contribution in [0, 0.1) is 10.1 Å². The maximum Gasteiger partial charge on any atom is 1.00 e. The molecule has 0 aliphatic rings. The van der Waals surface area contributed by atoms with Gasteiger partial charge in [-0.1, -0.05) is 6.92 Å². The first-order chi connectivity index (χ1) is 3.50. The molecule has 9 heavy (non-hydrogen) atoms. The van der Waals surface area contributed by atoms with E-state index < -0.39 is 10.8 Å². The van der Waals surface area contributed by atoms with Crippen LogP contribution in [0.5, 0.6) is 0 Å². The Labute approximate surface area is 74.1 Å². The Balaban J connectivity index is 0. The maximum absolute atomic E-state index is 9.56. The Bertz CT molecular complexity index is 104. The first kappa shape index (κ1) is 12.0. The zero-order valence-electron chi connectivity index (χ0n) is 5.37. The van der Waals surface area contributed by atoms with E-state index in [1.165, 1.54) is 6.92 Å². The van der Waals surface area contributed by atoms with Crippen molar-refractivity contribution in [1.29, 1.82) is 0 Å². The van der Waals surface area contributed by atoms with Crippen molar-refractivity contribution in [3.8, 4) is 0 Å². The van der Waals surface area contributed by atoms with E-state index in [1.807, 2.05) is 0 Å². The van der Waals surface area contributed by atoms with Crippen LogP contribution in [0.3, 0.4) is 0 Å². The van der Waals surface area contributed by atoms with Crippen LogP contribution in [0.4, 0.5) is 0 Å². The molecule has 0 aliphatic heterocycles. The van der Waals surface area contributed by atoms with Crippen molar-refractivity contribution in [2.45, 2.75) is 19.3 Å². The van der Waals surface area contributed by atoms with E-state index in [0.29, 0.717) is 0 Å². The van der Waals surface area contributed by atoms with Crippen molar-refractivity contribution in [2.75, 3.05) is 0 Å². The normalized spacial score (nSPS) is 10.1. The molecule has 0 saturated heterocycles. The number of nitro groups is 1. The number of hydrogen-bond donors (Lipinski definition) is 2. The molecule has 0 rings (SSSR count). The summed E-state index contributed by atoms with van der Waals surface area (Å²) in [4.78, 5) is 8.41. The van der Waals surface area contributed by atoms with Crippen LogP contribution >= 0.6 is 0 Å². The Hall–Kier alpha value is 0.320. The topological polar surface area (TPSA) is 83.6 Å². The first-order valence-corrected chi connectivity index (χ1v) is 2.10. The molecule has 2 N–H and O–H groups in total. The summed E-state index contributed by atoms with van der Waals surface area (Å²) < 4.78 is 0. The van der Waals surface area contributed by atoms with Crippen molar-refractivity contribution in [3.63, 3.8) is 0 Å². The molecule has 0 radical (unpaired) electrons. The van der Waals surface area contributed by atoms with Gasteiger partial charge in [-0.2, -0.15) is 0 Å². The molecule has 48 valence electrons. The number of aliphatic hydroxyl groups is 2. The average molecular weight is 144 g/mol. The maximum atomic E-state index is 9.56. The molecule has 0 aromatic rings. The third-order valence-corrected chi connectivity index (χ3v) is 0.767. The molecule has 0 fully saturated rings. The molecular weight excluding hydrogens is 137 g/mol. The molecule has 0 saturated carbocycles. The van der Waals surface area contributed by atoms with E-state index in [4.69, 9.17) is 10.2 Å². The summed E-state index contributed by atoms with van der Waals surface area (Å²) in [6, 6.07) is 0. The van der Waals surface area contributed by atoms with Gasteiger partial charge >= 0.3 is 35.5 Å². The van der Waals surface area contributed by atoms with E-state index in [0.717, 1.165) is 0 Å². The fraction of sp³-hybridized carbons (Fsp3) is 1.00. The van der Waals surface area contributed by atoms with E-state index in [-0.39, 0.29) is 36.0 Å². The van der Waals surface area contributed by atoms with Gasteiger partial charge in [0.1, 0.15) is 0 Å². The standard InChI is InChI=1S/C3H7NO4.Na/c1-2-3(5,6)4(7)8;/h5-6H,2H2,1H3;/q;+1. The second-order valence-corrected chi connectivity index (χ2v) is 1.39. The largest absolute Gasteiger partial charge is 1.00 e. The third kappa shape index (κ3) is 3.83. The second kappa shape index (κ2) is 4.19. The summed E-state index contributed by atoms with van der Waals surface area (Å²) in [6.45, 7) is 1.31. The molecule has 0 aromatic carbocycles. The van der Waals surface area contributed by atoms with Gasteiger partial charge < -0.3 is 10.2 Å². The van der Waals surface area contributed by atoms with Crippen LogP contribution < -0.4 is 29.6 Å². The third-order valence-electron chi connectivity index (χ3n) is 0.767. The van der Waals surface area contributed by atoms with Gasteiger partial charge in [0.05, 0.1) is 11.3 Å². The van der Waals surface area contributed by atoms with Gasteiger partial charge in [0.25, 0.3) is 0 Å². The summed E-state index contributed by atoms with van der Waals surface area (Å²) >= 11 is 0. The van der Waals surface area contributed by atoms with Crippen LogP contribution in [-0.2, 0) is 0 Å². The van der Waals surface area contributed by atoms with Crippen molar-refractivity contribution < 1.29 is 44.7 Å². The minimum atomic E-state index is -2.74. The quantitative estimate of drug-likeness (QED) is 0.181. The van der Waals surface area contributed by atoms with Crippen molar-refractivity contribution in [1.82, 2.24) is 0 Å². The van der Waals surface area contributed by atoms with E-state index >= 15 is 0 Å². The summed E-state index contributed by atoms with van der Waals surface area (Å²) in [5.41, 5.74) is 0. The van der Waals surface area contributed by atoms with Gasteiger partial charge in [-0.15, -0.1) is 0 Å². The Morgan fingerprint density at radius 1 is 1.67 bits per heavy atom. The molecule has 0 spiro atoms. The molecule has 0 heterocycles. The van der Waals surface area contributed by atoms with Gasteiger partial charge in [0, 0.05) is 0 Å². The summed E-state index contributed by atoms with van der Waals surface area (Å²) in [5.74, 6) is -2.74. The zero-order valence-corrected chi connectivity index (χ0v) is 7.37. The molecule has 0 aromatic heterocycles. The summed E-state index contributed by atoms with van der Waals surface area (Å²) in [5, 5.41) is 26.1. The zero-order chi connectivity index (χ0) is 6.78. The van der Waals surface area contributed by atoms with Gasteiger partial charge in [-0.3, -0.25) is 10.1 Å². The number of hydrogen-bond acceptors (Lipinski definition) is 4. The number of rotatable bonds is 2. The van der Waals surface area contributed by atoms with Crippen LogP contribution in [0.15, 0.2) is 0 Å². The molecule has 5 nitrogen and oxygen atoms in total. The second-order valence-electron chi connectivity index (χ2n) is 1.39. The van der Waals surface area contributed by atoms with E-state index in [1.54, 1.807) is 0 Å². The van der Waals surface area contributed by atoms with Crippen molar-refractivity contribution in [2.24, 2.45) is 0 Å². The van der Waals surface area contributed by atoms with E-state index in [2.05, 4.69) is 0 Å². The van der Waals surface area contributed by atoms with E-state index in [9.17, 15) is 10.1 Å². The fourth-order valence-corrected chi connectivity index (χ4v) is 0.129. The van der Waals surface area contributed by atoms with Gasteiger partial charge in [0.2, 0.25) is 0 Å². The average Bonchev–Trinajstić information content (AvgIpc) is 1.67. The molecule has 0 aliphatic carbocycles. The minimum Gasteiger partial charge on any atom is -0.307 e. The molecule has 0 atom stereocenters. The summed E-state index contributed by atoms with van der Waals surface area (Å²) in [6.07, 6.45) is -0.306. The Morgan fingerprint density at radius 3 is 2.00 bits per heavy atom. The van der Waals surface area contributed by atoms with Crippen LogP contribution in [0.25, 0.3) is 0 Å².